The van der Waals surface area contributed by atoms with Gasteiger partial charge in [0.05, 0.1) is 0 Å². The van der Waals surface area contributed by atoms with Crippen LogP contribution in [0.5, 0.6) is 0 Å². The Morgan fingerprint density at radius 3 is 0.724 bits per heavy atom. The second-order valence-corrected chi connectivity index (χ2v) is 2.96. The molecule has 1 aliphatic rings. The summed E-state index contributed by atoms with van der Waals surface area (Å²) in [5, 5.41) is 0. The zero-order valence-corrected chi connectivity index (χ0v) is 39.6. The summed E-state index contributed by atoms with van der Waals surface area (Å²) in [4.78, 5) is 0. The summed E-state index contributed by atoms with van der Waals surface area (Å²) in [5.74, 6) is 2.42. The Balaban J connectivity index is -0.00000000225. The van der Waals surface area contributed by atoms with Crippen molar-refractivity contribution >= 4 is 0 Å². The predicted octanol–water partition coefficient (Wildman–Crippen LogP) is 9.00. The van der Waals surface area contributed by atoms with Crippen LogP contribution in [0.2, 0.25) is 0 Å². The maximum Gasteiger partial charge on any atom is 3.00 e. The molecule has 178 valence electrons. The van der Waals surface area contributed by atoms with Gasteiger partial charge in [-0.1, -0.05) is 20.3 Å². The quantitative estimate of drug-likeness (QED) is 0.244. The van der Waals surface area contributed by atoms with E-state index in [0.29, 0.717) is 0 Å². The maximum atomic E-state index is 3.88. The largest absolute Gasteiger partial charge is 3.00 e. The molecule has 0 bridgehead atoms. The van der Waals surface area contributed by atoms with E-state index < -0.39 is 0 Å². The fourth-order valence-corrected chi connectivity index (χ4v) is 1.56. The van der Waals surface area contributed by atoms with Crippen molar-refractivity contribution in [2.45, 2.75) is 27.2 Å². The van der Waals surface area contributed by atoms with Crippen molar-refractivity contribution in [2.75, 3.05) is 0 Å². The standard InChI is InChI=1S/C9H15.CH4.13CH3.6Y/c1-4-8-6-9(5-2)7(8)3;;;;;;;;;;;;;;;;;;;;/h6-9H,1-2,4-5H2,3H3;1H4;13*1H3;;;;;;/q-3;;13*-1;;;;;2*+3. The Bertz CT molecular complexity index is 97.4. The average molecular weight is 868 g/mol. The molecule has 4 radical (unpaired) electrons. The van der Waals surface area contributed by atoms with E-state index in [0.717, 1.165) is 30.6 Å². The van der Waals surface area contributed by atoms with Crippen LogP contribution >= 0.6 is 0 Å². The van der Waals surface area contributed by atoms with Gasteiger partial charge >= 0.3 is 65.4 Å². The fourth-order valence-electron chi connectivity index (χ4n) is 1.56. The fraction of sp³-hybridized carbons (Fsp3) is 0.304. The van der Waals surface area contributed by atoms with Crippen molar-refractivity contribution < 1.29 is 196 Å². The number of hydrogen-bond acceptors (Lipinski definition) is 0. The van der Waals surface area contributed by atoms with E-state index in [1.807, 2.05) is 0 Å². The predicted molar refractivity (Wildman–Crippen MR) is 131 cm³/mol. The molecule has 1 saturated carbocycles. The summed E-state index contributed by atoms with van der Waals surface area (Å²) in [7, 11) is 0. The van der Waals surface area contributed by atoms with Gasteiger partial charge in [-0.15, -0.1) is 0 Å². The van der Waals surface area contributed by atoms with Crippen molar-refractivity contribution in [2.24, 2.45) is 17.8 Å². The van der Waals surface area contributed by atoms with Crippen LogP contribution in [0, 0.1) is 135 Å². The van der Waals surface area contributed by atoms with Gasteiger partial charge in [0, 0.05) is 131 Å². The molecule has 0 aromatic heterocycles. The van der Waals surface area contributed by atoms with Crippen molar-refractivity contribution in [3.8, 4) is 0 Å². The van der Waals surface area contributed by atoms with E-state index in [-0.39, 0.29) is 300 Å². The molecule has 0 N–H and O–H groups in total. The first-order chi connectivity index (χ1) is 4.29. The minimum Gasteiger partial charge on any atom is -0.358 e. The second-order valence-electron chi connectivity index (χ2n) is 2.96. The van der Waals surface area contributed by atoms with E-state index in [1.54, 1.807) is 0 Å². The van der Waals surface area contributed by atoms with Gasteiger partial charge in [-0.05, 0) is 0 Å². The van der Waals surface area contributed by atoms with E-state index in [1.165, 1.54) is 0 Å². The minimum absolute atomic E-state index is 0. The van der Waals surface area contributed by atoms with Gasteiger partial charge in [0.1, 0.15) is 0 Å². The summed E-state index contributed by atoms with van der Waals surface area (Å²) in [6, 6.07) is 0. The van der Waals surface area contributed by atoms with Crippen molar-refractivity contribution in [1.82, 2.24) is 0 Å². The molecule has 1 rings (SSSR count). The zero-order chi connectivity index (χ0) is 6.85. The second kappa shape index (κ2) is 113. The first kappa shape index (κ1) is 175. The van der Waals surface area contributed by atoms with Gasteiger partial charge in [-0.3, -0.25) is 0 Å². The number of rotatable bonds is 2. The Kier molecular flexibility index (Phi) is 681. The van der Waals surface area contributed by atoms with Crippen LogP contribution in [-0.4, -0.2) is 0 Å². The topological polar surface area (TPSA) is 0 Å². The van der Waals surface area contributed by atoms with Crippen LogP contribution in [0.15, 0.2) is 0 Å². The van der Waals surface area contributed by atoms with Crippen molar-refractivity contribution in [1.29, 1.82) is 0 Å². The van der Waals surface area contributed by atoms with Gasteiger partial charge in [-0.25, -0.2) is 12.8 Å². The summed E-state index contributed by atoms with van der Waals surface area (Å²) in [6.45, 7) is 10.0. The molecule has 0 aromatic rings. The molecule has 29 heavy (non-hydrogen) atoms. The molecule has 0 heterocycles. The molecule has 1 fully saturated rings. The average Bonchev–Trinajstić information content (AvgIpc) is 1.87. The third-order valence-corrected chi connectivity index (χ3v) is 2.51. The molecule has 1 aliphatic carbocycles. The molecule has 0 aromatic carbocycles. The summed E-state index contributed by atoms with van der Waals surface area (Å²) >= 11 is 0. The summed E-state index contributed by atoms with van der Waals surface area (Å²) in [6.07, 6.45) is 4.53. The molecular weight excluding hydrogens is 810 g/mol. The van der Waals surface area contributed by atoms with Crippen molar-refractivity contribution in [3.05, 3.63) is 117 Å². The first-order valence-electron chi connectivity index (χ1n) is 3.73. The van der Waals surface area contributed by atoms with Crippen LogP contribution in [0.25, 0.3) is 0 Å². The first-order valence-corrected chi connectivity index (χ1v) is 3.73. The monoisotopic (exact) mass is 868 g/mol. The van der Waals surface area contributed by atoms with Gasteiger partial charge in [0.2, 0.25) is 0 Å². The maximum absolute atomic E-state index is 3.88. The molecule has 2 atom stereocenters. The normalized spacial score (nSPS) is 13.1. The molecule has 0 amide bonds. The Hall–Kier alpha value is 6.62. The van der Waals surface area contributed by atoms with Crippen LogP contribution < -0.4 is 0 Å². The molecular formula is C23H58Y6-10. The van der Waals surface area contributed by atoms with Gasteiger partial charge in [0.25, 0.3) is 0 Å². The molecule has 2 unspecified atom stereocenters. The molecule has 6 heteroatoms. The van der Waals surface area contributed by atoms with Gasteiger partial charge in [0.15, 0.2) is 0 Å². The molecule has 0 spiro atoms. The summed E-state index contributed by atoms with van der Waals surface area (Å²) < 4.78 is 0. The minimum atomic E-state index is 0. The van der Waals surface area contributed by atoms with Gasteiger partial charge < -0.3 is 117 Å². The van der Waals surface area contributed by atoms with Crippen LogP contribution in [0.4, 0.5) is 0 Å². The smallest absolute Gasteiger partial charge is 0.358 e. The van der Waals surface area contributed by atoms with E-state index in [9.17, 15) is 0 Å². The number of hydrogen-bond donors (Lipinski definition) is 0. The van der Waals surface area contributed by atoms with Crippen LogP contribution in [0.3, 0.4) is 0 Å². The zero-order valence-electron chi connectivity index (χ0n) is 22.6. The Morgan fingerprint density at radius 1 is 0.517 bits per heavy atom. The van der Waals surface area contributed by atoms with Crippen molar-refractivity contribution in [3.63, 3.8) is 0 Å². The van der Waals surface area contributed by atoms with Crippen LogP contribution in [-0.2, 0) is 196 Å². The third-order valence-electron chi connectivity index (χ3n) is 2.51. The SMILES string of the molecule is C.[CH2-]CC1[CH-]C(C[CH2-])C1C.[CH3-].[CH3-].[CH3-].[CH3-].[CH3-].[CH3-].[CH3-].[CH3-].[CH3-].[CH3-].[CH3-].[CH3-].[CH3-].[Y+3].[Y+3].[Y].[Y].[Y].[Y]. The molecule has 0 saturated heterocycles. The third kappa shape index (κ3) is 72.0. The summed E-state index contributed by atoms with van der Waals surface area (Å²) in [5.41, 5.74) is 0. The van der Waals surface area contributed by atoms with E-state index in [2.05, 4.69) is 27.2 Å². The van der Waals surface area contributed by atoms with Crippen LogP contribution in [0.1, 0.15) is 27.2 Å². The molecule has 0 aliphatic heterocycles. The van der Waals surface area contributed by atoms with E-state index >= 15 is 0 Å². The van der Waals surface area contributed by atoms with E-state index in [4.69, 9.17) is 0 Å². The Labute approximate surface area is 350 Å². The molecule has 0 nitrogen and oxygen atoms in total. The Morgan fingerprint density at radius 2 is 0.655 bits per heavy atom. The van der Waals surface area contributed by atoms with Gasteiger partial charge in [-0.2, -0.15) is 11.8 Å².